The van der Waals surface area contributed by atoms with Gasteiger partial charge >= 0.3 is 5.97 Å². The molecular weight excluding hydrogens is 270 g/mol. The molecule has 1 aromatic rings. The van der Waals surface area contributed by atoms with Crippen LogP contribution in [-0.2, 0) is 14.8 Å². The molecule has 108 valence electrons. The van der Waals surface area contributed by atoms with Gasteiger partial charge in [0.05, 0.1) is 6.33 Å². The molecule has 0 aromatic carbocycles. The topological polar surface area (TPSA) is 101 Å². The third-order valence-electron chi connectivity index (χ3n) is 2.66. The van der Waals surface area contributed by atoms with Crippen LogP contribution in [0.3, 0.4) is 0 Å². The number of aromatic nitrogens is 2. The Labute approximate surface area is 112 Å². The molecule has 1 rings (SSSR count). The van der Waals surface area contributed by atoms with Gasteiger partial charge in [0, 0.05) is 12.2 Å². The minimum absolute atomic E-state index is 0.0804. The second-order valence-corrected chi connectivity index (χ2v) is 6.59. The summed E-state index contributed by atoms with van der Waals surface area (Å²) in [7, 11) is -3.92. The summed E-state index contributed by atoms with van der Waals surface area (Å²) >= 11 is 0. The van der Waals surface area contributed by atoms with Crippen LogP contribution in [0.15, 0.2) is 17.6 Å². The summed E-state index contributed by atoms with van der Waals surface area (Å²) in [6.07, 6.45) is 2.79. The molecule has 19 heavy (non-hydrogen) atoms. The Morgan fingerprint density at radius 3 is 2.32 bits per heavy atom. The number of carboxylic acid groups (broad SMARTS) is 1. The van der Waals surface area contributed by atoms with Gasteiger partial charge in [0.15, 0.2) is 5.03 Å². The average Bonchev–Trinajstić information content (AvgIpc) is 2.75. The van der Waals surface area contributed by atoms with Crippen molar-refractivity contribution in [1.82, 2.24) is 14.3 Å². The molecule has 0 aliphatic rings. The van der Waals surface area contributed by atoms with Gasteiger partial charge in [0.2, 0.25) is 0 Å². The third kappa shape index (κ3) is 3.77. The first-order chi connectivity index (χ1) is 8.65. The second kappa shape index (κ2) is 5.70. The van der Waals surface area contributed by atoms with Crippen molar-refractivity contribution in [2.75, 3.05) is 0 Å². The molecule has 1 atom stereocenters. The number of hydrogen-bond acceptors (Lipinski definition) is 4. The lowest BCUT2D eigenvalue weighted by molar-refractivity contribution is -0.140. The molecule has 8 heteroatoms. The van der Waals surface area contributed by atoms with Crippen LogP contribution in [0.5, 0.6) is 0 Å². The van der Waals surface area contributed by atoms with Crippen LogP contribution in [0.4, 0.5) is 0 Å². The molecule has 0 saturated carbocycles. The Balaban J connectivity index is 3.00. The molecule has 0 radical (unpaired) electrons. The molecule has 0 saturated heterocycles. The fourth-order valence-corrected chi connectivity index (χ4v) is 2.71. The summed E-state index contributed by atoms with van der Waals surface area (Å²) < 4.78 is 27.9. The van der Waals surface area contributed by atoms with E-state index in [9.17, 15) is 13.2 Å². The molecule has 0 fully saturated rings. The fraction of sp³-hybridized carbons (Fsp3) is 0.636. The Kier molecular flexibility index (Phi) is 4.70. The lowest BCUT2D eigenvalue weighted by Gasteiger charge is -2.16. The highest BCUT2D eigenvalue weighted by molar-refractivity contribution is 7.89. The smallest absolute Gasteiger partial charge is 0.322 e. The number of hydrogen-bond donors (Lipinski definition) is 2. The van der Waals surface area contributed by atoms with Crippen molar-refractivity contribution >= 4 is 16.0 Å². The number of carbonyl (C=O) groups is 1. The molecule has 0 spiro atoms. The maximum Gasteiger partial charge on any atom is 0.322 e. The number of carboxylic acids is 1. The van der Waals surface area contributed by atoms with Crippen LogP contribution < -0.4 is 4.72 Å². The van der Waals surface area contributed by atoms with Gasteiger partial charge in [-0.2, -0.15) is 4.72 Å². The zero-order chi connectivity index (χ0) is 14.8. The summed E-state index contributed by atoms with van der Waals surface area (Å²) in [5.41, 5.74) is 0. The van der Waals surface area contributed by atoms with Crippen molar-refractivity contribution in [1.29, 1.82) is 0 Å². The number of imidazole rings is 1. The van der Waals surface area contributed by atoms with E-state index in [-0.39, 0.29) is 17.0 Å². The van der Waals surface area contributed by atoms with Gasteiger partial charge in [0.25, 0.3) is 10.0 Å². The van der Waals surface area contributed by atoms with Crippen molar-refractivity contribution in [2.45, 2.75) is 44.8 Å². The lowest BCUT2D eigenvalue weighted by Crippen LogP contribution is -2.44. The first-order valence-corrected chi connectivity index (χ1v) is 7.42. The minimum Gasteiger partial charge on any atom is -0.480 e. The largest absolute Gasteiger partial charge is 0.480 e. The summed E-state index contributed by atoms with van der Waals surface area (Å²) in [4.78, 5) is 14.8. The maximum atomic E-state index is 12.0. The molecule has 0 aliphatic carbocycles. The minimum atomic E-state index is -3.92. The van der Waals surface area contributed by atoms with Crippen LogP contribution in [0.25, 0.3) is 0 Å². The summed E-state index contributed by atoms with van der Waals surface area (Å²) in [6.45, 7) is 7.04. The summed E-state index contributed by atoms with van der Waals surface area (Å²) in [5.74, 6) is -1.57. The third-order valence-corrected chi connectivity index (χ3v) is 3.99. The predicted molar refractivity (Wildman–Crippen MR) is 69.2 cm³/mol. The van der Waals surface area contributed by atoms with E-state index in [1.54, 1.807) is 18.4 Å². The molecule has 2 N–H and O–H groups in total. The molecule has 0 unspecified atom stereocenters. The van der Waals surface area contributed by atoms with Crippen LogP contribution in [0.2, 0.25) is 0 Å². The van der Waals surface area contributed by atoms with Crippen molar-refractivity contribution in [3.8, 4) is 0 Å². The van der Waals surface area contributed by atoms with Crippen LogP contribution >= 0.6 is 0 Å². The predicted octanol–water partition coefficient (Wildman–Crippen LogP) is 0.851. The van der Waals surface area contributed by atoms with Crippen LogP contribution in [0, 0.1) is 5.92 Å². The number of aliphatic carboxylic acids is 1. The Morgan fingerprint density at radius 2 is 1.95 bits per heavy atom. The summed E-state index contributed by atoms with van der Waals surface area (Å²) in [5, 5.41) is 8.82. The molecule has 0 amide bonds. The lowest BCUT2D eigenvalue weighted by atomic mass is 10.1. The van der Waals surface area contributed by atoms with Crippen molar-refractivity contribution in [3.05, 3.63) is 12.5 Å². The first-order valence-electron chi connectivity index (χ1n) is 5.93. The van der Waals surface area contributed by atoms with E-state index in [4.69, 9.17) is 5.11 Å². The van der Waals surface area contributed by atoms with Gasteiger partial charge in [-0.25, -0.2) is 13.4 Å². The highest BCUT2D eigenvalue weighted by atomic mass is 32.2. The van der Waals surface area contributed by atoms with E-state index in [2.05, 4.69) is 9.71 Å². The van der Waals surface area contributed by atoms with E-state index >= 15 is 0 Å². The second-order valence-electron chi connectivity index (χ2n) is 4.93. The van der Waals surface area contributed by atoms with E-state index in [0.717, 1.165) is 0 Å². The van der Waals surface area contributed by atoms with Gasteiger partial charge in [-0.05, 0) is 19.8 Å². The maximum absolute atomic E-state index is 12.0. The molecule has 7 nitrogen and oxygen atoms in total. The van der Waals surface area contributed by atoms with Gasteiger partial charge in [-0.1, -0.05) is 13.8 Å². The Hall–Kier alpha value is -1.41. The molecular formula is C11H19N3O4S. The zero-order valence-electron chi connectivity index (χ0n) is 11.4. The highest BCUT2D eigenvalue weighted by Gasteiger charge is 2.29. The Bertz CT molecular complexity index is 548. The fourth-order valence-electron chi connectivity index (χ4n) is 1.44. The van der Waals surface area contributed by atoms with E-state index < -0.39 is 22.0 Å². The van der Waals surface area contributed by atoms with Gasteiger partial charge in [-0.15, -0.1) is 0 Å². The molecule has 1 heterocycles. The van der Waals surface area contributed by atoms with Crippen molar-refractivity contribution in [3.63, 3.8) is 0 Å². The molecule has 0 aliphatic heterocycles. The Morgan fingerprint density at radius 1 is 1.37 bits per heavy atom. The molecule has 1 aromatic heterocycles. The normalized spacial score (nSPS) is 14.0. The van der Waals surface area contributed by atoms with Gasteiger partial charge < -0.3 is 9.67 Å². The summed E-state index contributed by atoms with van der Waals surface area (Å²) in [6, 6.07) is -1.09. The highest BCUT2D eigenvalue weighted by Crippen LogP contribution is 2.12. The quantitative estimate of drug-likeness (QED) is 0.808. The standard InChI is InChI=1S/C11H19N3O4S/c1-7(2)10(11(15)16)13-19(17,18)9-5-14(6-12-9)8(3)4/h5-8,10,13H,1-4H3,(H,15,16)/t10-/m1/s1. The monoisotopic (exact) mass is 289 g/mol. The van der Waals surface area contributed by atoms with Crippen molar-refractivity contribution < 1.29 is 18.3 Å². The van der Waals surface area contributed by atoms with E-state index in [0.29, 0.717) is 0 Å². The first kappa shape index (κ1) is 15.6. The SMILES string of the molecule is CC(C)[C@@H](NS(=O)(=O)c1cn(C(C)C)cn1)C(=O)O. The zero-order valence-corrected chi connectivity index (χ0v) is 12.2. The molecule has 0 bridgehead atoms. The number of sulfonamides is 1. The number of rotatable bonds is 6. The van der Waals surface area contributed by atoms with E-state index in [1.165, 1.54) is 12.5 Å². The van der Waals surface area contributed by atoms with Gasteiger partial charge in [-0.3, -0.25) is 4.79 Å². The average molecular weight is 289 g/mol. The van der Waals surface area contributed by atoms with E-state index in [1.807, 2.05) is 13.8 Å². The number of nitrogens with zero attached hydrogens (tertiary/aromatic N) is 2. The van der Waals surface area contributed by atoms with Gasteiger partial charge in [0.1, 0.15) is 6.04 Å². The number of nitrogens with one attached hydrogen (secondary N) is 1. The van der Waals surface area contributed by atoms with Crippen LogP contribution in [-0.4, -0.2) is 35.1 Å². The van der Waals surface area contributed by atoms with Crippen LogP contribution in [0.1, 0.15) is 33.7 Å². The van der Waals surface area contributed by atoms with Crippen molar-refractivity contribution in [2.24, 2.45) is 5.92 Å².